The number of anilines is 1. The van der Waals surface area contributed by atoms with Crippen molar-refractivity contribution in [2.45, 2.75) is 20.8 Å². The minimum atomic E-state index is -0.474. The van der Waals surface area contributed by atoms with Crippen LogP contribution in [0.25, 0.3) is 0 Å². The monoisotopic (exact) mass is 379 g/mol. The minimum Gasteiger partial charge on any atom is -0.496 e. The molecule has 0 spiro atoms. The number of benzene rings is 2. The molecule has 1 aromatic heterocycles. The molecule has 1 amide bonds. The molecule has 2 aromatic carbocycles. The van der Waals surface area contributed by atoms with Crippen LogP contribution in [-0.2, 0) is 0 Å². The van der Waals surface area contributed by atoms with E-state index in [0.717, 1.165) is 5.56 Å². The molecule has 6 heteroatoms. The Kier molecular flexibility index (Phi) is 5.49. The number of esters is 1. The van der Waals surface area contributed by atoms with Gasteiger partial charge in [-0.05, 0) is 57.2 Å². The van der Waals surface area contributed by atoms with Gasteiger partial charge >= 0.3 is 5.97 Å². The zero-order valence-electron chi connectivity index (χ0n) is 16.2. The Balaban J connectivity index is 1.70. The van der Waals surface area contributed by atoms with Crippen LogP contribution >= 0.6 is 0 Å². The van der Waals surface area contributed by atoms with E-state index in [9.17, 15) is 9.59 Å². The van der Waals surface area contributed by atoms with Gasteiger partial charge in [0.15, 0.2) is 0 Å². The molecular formula is C22H21NO5. The van der Waals surface area contributed by atoms with E-state index >= 15 is 0 Å². The van der Waals surface area contributed by atoms with Gasteiger partial charge in [0.05, 0.1) is 12.7 Å². The average Bonchev–Trinajstić information content (AvgIpc) is 2.95. The van der Waals surface area contributed by atoms with Crippen LogP contribution in [0.15, 0.2) is 52.9 Å². The number of furan rings is 1. The topological polar surface area (TPSA) is 77.8 Å². The summed E-state index contributed by atoms with van der Waals surface area (Å²) in [6.07, 6.45) is 0. The van der Waals surface area contributed by atoms with Crippen LogP contribution in [-0.4, -0.2) is 19.0 Å². The first-order chi connectivity index (χ1) is 13.4. The SMILES string of the molecule is COc1ccccc1C(=O)Nc1ccc(OC(=O)c2c(C)oc(C)c2C)cc1. The molecular weight excluding hydrogens is 358 g/mol. The number of rotatable bonds is 5. The number of para-hydroxylation sites is 1. The van der Waals surface area contributed by atoms with Gasteiger partial charge in [-0.25, -0.2) is 4.79 Å². The van der Waals surface area contributed by atoms with Gasteiger partial charge in [-0.3, -0.25) is 4.79 Å². The van der Waals surface area contributed by atoms with Crippen molar-refractivity contribution in [2.24, 2.45) is 0 Å². The lowest BCUT2D eigenvalue weighted by atomic mass is 10.1. The smallest absolute Gasteiger partial charge is 0.347 e. The highest BCUT2D eigenvalue weighted by molar-refractivity contribution is 6.06. The fourth-order valence-electron chi connectivity index (χ4n) is 2.89. The van der Waals surface area contributed by atoms with Gasteiger partial charge in [-0.2, -0.15) is 0 Å². The summed E-state index contributed by atoms with van der Waals surface area (Å²) in [7, 11) is 1.51. The number of carbonyl (C=O) groups is 2. The van der Waals surface area contributed by atoms with Crippen molar-refractivity contribution >= 4 is 17.6 Å². The van der Waals surface area contributed by atoms with Crippen LogP contribution in [0.4, 0.5) is 5.69 Å². The summed E-state index contributed by atoms with van der Waals surface area (Å²) < 4.78 is 16.1. The number of methoxy groups -OCH3 is 1. The Morgan fingerprint density at radius 3 is 2.21 bits per heavy atom. The predicted octanol–water partition coefficient (Wildman–Crippen LogP) is 4.68. The van der Waals surface area contributed by atoms with Crippen molar-refractivity contribution in [3.8, 4) is 11.5 Å². The minimum absolute atomic E-state index is 0.290. The zero-order chi connectivity index (χ0) is 20.3. The van der Waals surface area contributed by atoms with Crippen molar-refractivity contribution in [2.75, 3.05) is 12.4 Å². The Labute approximate surface area is 163 Å². The maximum absolute atomic E-state index is 12.4. The lowest BCUT2D eigenvalue weighted by molar-refractivity contribution is 0.0732. The summed E-state index contributed by atoms with van der Waals surface area (Å²) in [5.74, 6) is 1.32. The summed E-state index contributed by atoms with van der Waals surface area (Å²) in [5.41, 5.74) is 2.21. The molecule has 3 rings (SSSR count). The first-order valence-corrected chi connectivity index (χ1v) is 8.74. The van der Waals surface area contributed by atoms with E-state index < -0.39 is 5.97 Å². The molecule has 0 saturated heterocycles. The fourth-order valence-corrected chi connectivity index (χ4v) is 2.89. The third-order valence-corrected chi connectivity index (χ3v) is 4.44. The van der Waals surface area contributed by atoms with Crippen molar-refractivity contribution in [1.29, 1.82) is 0 Å². The van der Waals surface area contributed by atoms with Gasteiger partial charge < -0.3 is 19.2 Å². The largest absolute Gasteiger partial charge is 0.496 e. The van der Waals surface area contributed by atoms with Crippen LogP contribution in [0.3, 0.4) is 0 Å². The second-order valence-corrected chi connectivity index (χ2v) is 6.28. The Morgan fingerprint density at radius 1 is 0.929 bits per heavy atom. The van der Waals surface area contributed by atoms with E-state index in [4.69, 9.17) is 13.9 Å². The van der Waals surface area contributed by atoms with Crippen molar-refractivity contribution in [1.82, 2.24) is 0 Å². The summed E-state index contributed by atoms with van der Waals surface area (Å²) in [5, 5.41) is 2.79. The molecule has 3 aromatic rings. The third-order valence-electron chi connectivity index (χ3n) is 4.44. The summed E-state index contributed by atoms with van der Waals surface area (Å²) in [6, 6.07) is 13.5. The Hall–Kier alpha value is -3.54. The Morgan fingerprint density at radius 2 is 1.61 bits per heavy atom. The van der Waals surface area contributed by atoms with Gasteiger partial charge in [0.2, 0.25) is 0 Å². The highest BCUT2D eigenvalue weighted by Crippen LogP contribution is 2.24. The molecule has 0 fully saturated rings. The molecule has 0 aliphatic carbocycles. The molecule has 0 radical (unpaired) electrons. The Bertz CT molecular complexity index is 1020. The van der Waals surface area contributed by atoms with Gasteiger partial charge in [0, 0.05) is 11.3 Å². The number of aryl methyl sites for hydroxylation is 2. The second kappa shape index (κ2) is 8.00. The van der Waals surface area contributed by atoms with Gasteiger partial charge in [-0.1, -0.05) is 12.1 Å². The maximum atomic E-state index is 12.4. The molecule has 28 heavy (non-hydrogen) atoms. The fraction of sp³-hybridized carbons (Fsp3) is 0.182. The number of hydrogen-bond acceptors (Lipinski definition) is 5. The van der Waals surface area contributed by atoms with E-state index in [1.165, 1.54) is 7.11 Å². The normalized spacial score (nSPS) is 10.4. The van der Waals surface area contributed by atoms with Gasteiger partial charge in [-0.15, -0.1) is 0 Å². The molecule has 0 saturated carbocycles. The zero-order valence-corrected chi connectivity index (χ0v) is 16.2. The molecule has 0 aliphatic rings. The van der Waals surface area contributed by atoms with Crippen LogP contribution in [0.2, 0.25) is 0 Å². The predicted molar refractivity (Wildman–Crippen MR) is 105 cm³/mol. The van der Waals surface area contributed by atoms with Crippen LogP contribution in [0.5, 0.6) is 11.5 Å². The lowest BCUT2D eigenvalue weighted by Crippen LogP contribution is -2.13. The number of carbonyl (C=O) groups excluding carboxylic acids is 2. The van der Waals surface area contributed by atoms with Crippen molar-refractivity contribution < 1.29 is 23.5 Å². The lowest BCUT2D eigenvalue weighted by Gasteiger charge is -2.10. The van der Waals surface area contributed by atoms with E-state index in [2.05, 4.69) is 5.32 Å². The second-order valence-electron chi connectivity index (χ2n) is 6.28. The molecule has 1 N–H and O–H groups in total. The number of amides is 1. The average molecular weight is 379 g/mol. The van der Waals surface area contributed by atoms with E-state index in [0.29, 0.717) is 39.8 Å². The quantitative estimate of drug-likeness (QED) is 0.514. The number of hydrogen-bond donors (Lipinski definition) is 1. The molecule has 6 nitrogen and oxygen atoms in total. The first kappa shape index (κ1) is 19.2. The standard InChI is InChI=1S/C22H21NO5/c1-13-14(2)27-15(3)20(13)22(25)28-17-11-9-16(10-12-17)23-21(24)18-7-5-6-8-19(18)26-4/h5-12H,1-4H3,(H,23,24). The van der Waals surface area contributed by atoms with Crippen LogP contribution < -0.4 is 14.8 Å². The van der Waals surface area contributed by atoms with Gasteiger partial charge in [0.1, 0.15) is 28.6 Å². The molecule has 0 aliphatic heterocycles. The highest BCUT2D eigenvalue weighted by Gasteiger charge is 2.20. The van der Waals surface area contributed by atoms with Gasteiger partial charge in [0.25, 0.3) is 5.91 Å². The molecule has 0 bridgehead atoms. The van der Waals surface area contributed by atoms with Crippen molar-refractivity contribution in [3.63, 3.8) is 0 Å². The molecule has 0 atom stereocenters. The molecule has 0 unspecified atom stereocenters. The van der Waals surface area contributed by atoms with E-state index in [1.807, 2.05) is 6.92 Å². The van der Waals surface area contributed by atoms with E-state index in [-0.39, 0.29) is 5.91 Å². The molecule has 1 heterocycles. The van der Waals surface area contributed by atoms with E-state index in [1.54, 1.807) is 62.4 Å². The summed E-state index contributed by atoms with van der Waals surface area (Å²) in [6.45, 7) is 5.35. The number of nitrogens with one attached hydrogen (secondary N) is 1. The summed E-state index contributed by atoms with van der Waals surface area (Å²) >= 11 is 0. The highest BCUT2D eigenvalue weighted by atomic mass is 16.5. The van der Waals surface area contributed by atoms with Crippen LogP contribution in [0, 0.1) is 20.8 Å². The van der Waals surface area contributed by atoms with Crippen LogP contribution in [0.1, 0.15) is 37.8 Å². The molecule has 144 valence electrons. The first-order valence-electron chi connectivity index (χ1n) is 8.74. The number of ether oxygens (including phenoxy) is 2. The third kappa shape index (κ3) is 3.91. The van der Waals surface area contributed by atoms with Crippen molar-refractivity contribution in [3.05, 3.63) is 76.7 Å². The maximum Gasteiger partial charge on any atom is 0.347 e. The summed E-state index contributed by atoms with van der Waals surface area (Å²) in [4.78, 5) is 24.9.